The van der Waals surface area contributed by atoms with Gasteiger partial charge in [-0.2, -0.15) is 0 Å². The van der Waals surface area contributed by atoms with Crippen LogP contribution in [0.5, 0.6) is 0 Å². The largest absolute Gasteiger partial charge is 0.384 e. The summed E-state index contributed by atoms with van der Waals surface area (Å²) in [4.78, 5) is 0.269. The van der Waals surface area contributed by atoms with Crippen molar-refractivity contribution in [1.29, 1.82) is 5.41 Å². The van der Waals surface area contributed by atoms with Crippen LogP contribution in [0.15, 0.2) is 27.6 Å². The Morgan fingerprint density at radius 1 is 1.62 bits per heavy atom. The van der Waals surface area contributed by atoms with Crippen molar-refractivity contribution in [2.45, 2.75) is 4.90 Å². The molecular formula is C7H7BrN2O2S. The molecule has 70 valence electrons. The average Bonchev–Trinajstić information content (AvgIpc) is 2.03. The van der Waals surface area contributed by atoms with Gasteiger partial charge in [0.25, 0.3) is 0 Å². The standard InChI is InChI=1S/C7H7BrN2O2S/c8-5-3-4(7(9)10)1-2-6(5)13(11)12/h1-3H,(H3,9,10)(H,11,12). The molecule has 6 heteroatoms. The molecule has 0 saturated heterocycles. The Balaban J connectivity index is 3.20. The Kier molecular flexibility index (Phi) is 3.18. The van der Waals surface area contributed by atoms with Gasteiger partial charge in [-0.05, 0) is 34.1 Å². The van der Waals surface area contributed by atoms with E-state index in [2.05, 4.69) is 15.9 Å². The molecule has 4 nitrogen and oxygen atoms in total. The van der Waals surface area contributed by atoms with Gasteiger partial charge in [0.2, 0.25) is 0 Å². The zero-order valence-electron chi connectivity index (χ0n) is 6.45. The molecule has 0 aliphatic heterocycles. The first-order chi connectivity index (χ1) is 6.02. The Morgan fingerprint density at radius 3 is 2.62 bits per heavy atom. The predicted octanol–water partition coefficient (Wildman–Crippen LogP) is 1.31. The minimum atomic E-state index is -2.02. The summed E-state index contributed by atoms with van der Waals surface area (Å²) in [7, 11) is 0. The summed E-state index contributed by atoms with van der Waals surface area (Å²) in [6, 6.07) is 4.51. The van der Waals surface area contributed by atoms with Gasteiger partial charge >= 0.3 is 0 Å². The number of benzene rings is 1. The summed E-state index contributed by atoms with van der Waals surface area (Å²) in [6.07, 6.45) is 0. The summed E-state index contributed by atoms with van der Waals surface area (Å²) in [5.74, 6) is -0.0732. The van der Waals surface area contributed by atoms with Crippen LogP contribution in [0, 0.1) is 5.41 Å². The molecular weight excluding hydrogens is 256 g/mol. The first-order valence-corrected chi connectivity index (χ1v) is 5.17. The molecule has 0 spiro atoms. The molecule has 0 saturated carbocycles. The molecule has 0 aliphatic rings. The van der Waals surface area contributed by atoms with Crippen molar-refractivity contribution in [3.05, 3.63) is 28.2 Å². The zero-order valence-corrected chi connectivity index (χ0v) is 8.85. The lowest BCUT2D eigenvalue weighted by molar-refractivity contribution is 0.564. The Bertz CT molecular complexity index is 381. The molecule has 4 N–H and O–H groups in total. The number of nitrogens with two attached hydrogens (primary N) is 1. The molecule has 0 fully saturated rings. The van der Waals surface area contributed by atoms with Crippen LogP contribution in [0.2, 0.25) is 0 Å². The van der Waals surface area contributed by atoms with Crippen LogP contribution in [-0.2, 0) is 11.1 Å². The molecule has 1 rings (SSSR count). The third-order valence-electron chi connectivity index (χ3n) is 1.43. The van der Waals surface area contributed by atoms with Gasteiger partial charge in [0, 0.05) is 10.0 Å². The van der Waals surface area contributed by atoms with E-state index in [9.17, 15) is 4.21 Å². The molecule has 1 aromatic rings. The van der Waals surface area contributed by atoms with E-state index in [0.717, 1.165) is 0 Å². The fourth-order valence-electron chi connectivity index (χ4n) is 0.810. The monoisotopic (exact) mass is 262 g/mol. The summed E-state index contributed by atoms with van der Waals surface area (Å²) >= 11 is 1.09. The minimum absolute atomic E-state index is 0.0732. The van der Waals surface area contributed by atoms with Crippen molar-refractivity contribution < 1.29 is 8.76 Å². The molecule has 0 bridgehead atoms. The highest BCUT2D eigenvalue weighted by Crippen LogP contribution is 2.20. The number of halogens is 1. The van der Waals surface area contributed by atoms with Crippen molar-refractivity contribution in [2.24, 2.45) is 5.73 Å². The molecule has 1 aromatic carbocycles. The van der Waals surface area contributed by atoms with E-state index in [4.69, 9.17) is 15.7 Å². The fourth-order valence-corrected chi connectivity index (χ4v) is 2.01. The van der Waals surface area contributed by atoms with E-state index in [-0.39, 0.29) is 10.7 Å². The number of hydrogen-bond acceptors (Lipinski definition) is 2. The van der Waals surface area contributed by atoms with Crippen molar-refractivity contribution >= 4 is 32.8 Å². The summed E-state index contributed by atoms with van der Waals surface area (Å²) < 4.78 is 20.0. The van der Waals surface area contributed by atoms with Crippen LogP contribution in [-0.4, -0.2) is 14.6 Å². The van der Waals surface area contributed by atoms with Gasteiger partial charge in [0.05, 0.1) is 4.90 Å². The molecule has 0 heterocycles. The highest BCUT2D eigenvalue weighted by atomic mass is 79.9. The van der Waals surface area contributed by atoms with Gasteiger partial charge in [0.15, 0.2) is 11.1 Å². The SMILES string of the molecule is N=C(N)c1ccc(S(=O)O)c(Br)c1. The maximum Gasteiger partial charge on any atom is 0.187 e. The first-order valence-electron chi connectivity index (χ1n) is 3.27. The molecule has 1 unspecified atom stereocenters. The minimum Gasteiger partial charge on any atom is -0.384 e. The second-order valence-corrected chi connectivity index (χ2v) is 4.10. The van der Waals surface area contributed by atoms with Crippen molar-refractivity contribution in [3.63, 3.8) is 0 Å². The second-order valence-electron chi connectivity index (χ2n) is 2.31. The van der Waals surface area contributed by atoms with E-state index in [0.29, 0.717) is 10.0 Å². The number of nitrogen functional groups attached to an aromatic ring is 1. The summed E-state index contributed by atoms with van der Waals surface area (Å²) in [5.41, 5.74) is 5.75. The van der Waals surface area contributed by atoms with Crippen LogP contribution >= 0.6 is 15.9 Å². The third-order valence-corrected chi connectivity index (χ3v) is 3.08. The van der Waals surface area contributed by atoms with E-state index >= 15 is 0 Å². The molecule has 0 aromatic heterocycles. The van der Waals surface area contributed by atoms with Crippen molar-refractivity contribution in [1.82, 2.24) is 0 Å². The van der Waals surface area contributed by atoms with Crippen LogP contribution in [0.3, 0.4) is 0 Å². The van der Waals surface area contributed by atoms with Crippen LogP contribution in [0.4, 0.5) is 0 Å². The lowest BCUT2D eigenvalue weighted by Crippen LogP contribution is -2.11. The van der Waals surface area contributed by atoms with Crippen molar-refractivity contribution in [3.8, 4) is 0 Å². The number of hydrogen-bond donors (Lipinski definition) is 3. The van der Waals surface area contributed by atoms with E-state index in [1.807, 2.05) is 0 Å². The first kappa shape index (κ1) is 10.4. The molecule has 13 heavy (non-hydrogen) atoms. The Hall–Kier alpha value is -0.720. The maximum atomic E-state index is 10.7. The predicted molar refractivity (Wildman–Crippen MR) is 54.2 cm³/mol. The van der Waals surface area contributed by atoms with E-state index < -0.39 is 11.1 Å². The van der Waals surface area contributed by atoms with Gasteiger partial charge in [-0.25, -0.2) is 4.21 Å². The average molecular weight is 263 g/mol. The van der Waals surface area contributed by atoms with Crippen LogP contribution < -0.4 is 5.73 Å². The van der Waals surface area contributed by atoms with Gasteiger partial charge < -0.3 is 10.3 Å². The Morgan fingerprint density at radius 2 is 2.23 bits per heavy atom. The second kappa shape index (κ2) is 3.99. The summed E-state index contributed by atoms with van der Waals surface area (Å²) in [6.45, 7) is 0. The highest BCUT2D eigenvalue weighted by molar-refractivity contribution is 9.10. The van der Waals surface area contributed by atoms with Crippen LogP contribution in [0.1, 0.15) is 5.56 Å². The van der Waals surface area contributed by atoms with Gasteiger partial charge in [-0.3, -0.25) is 5.41 Å². The van der Waals surface area contributed by atoms with E-state index in [1.165, 1.54) is 18.2 Å². The zero-order chi connectivity index (χ0) is 10.0. The van der Waals surface area contributed by atoms with Crippen LogP contribution in [0.25, 0.3) is 0 Å². The third kappa shape index (κ3) is 2.36. The lowest BCUT2D eigenvalue weighted by Gasteiger charge is -2.02. The highest BCUT2D eigenvalue weighted by Gasteiger charge is 2.07. The fraction of sp³-hybridized carbons (Fsp3) is 0. The smallest absolute Gasteiger partial charge is 0.187 e. The lowest BCUT2D eigenvalue weighted by atomic mass is 10.2. The molecule has 1 atom stereocenters. The van der Waals surface area contributed by atoms with Gasteiger partial charge in [0.1, 0.15) is 5.84 Å². The quantitative estimate of drug-likeness (QED) is 0.427. The van der Waals surface area contributed by atoms with Gasteiger partial charge in [-0.1, -0.05) is 0 Å². The summed E-state index contributed by atoms with van der Waals surface area (Å²) in [5, 5.41) is 7.13. The molecule has 0 amide bonds. The number of amidine groups is 1. The molecule has 0 aliphatic carbocycles. The number of rotatable bonds is 2. The van der Waals surface area contributed by atoms with Gasteiger partial charge in [-0.15, -0.1) is 0 Å². The topological polar surface area (TPSA) is 87.2 Å². The van der Waals surface area contributed by atoms with E-state index in [1.54, 1.807) is 0 Å². The normalized spacial score (nSPS) is 12.5. The maximum absolute atomic E-state index is 10.7. The Labute approximate surface area is 86.1 Å². The van der Waals surface area contributed by atoms with Crippen molar-refractivity contribution in [2.75, 3.05) is 0 Å². The number of nitrogens with one attached hydrogen (secondary N) is 1. The molecule has 0 radical (unpaired) electrons.